The van der Waals surface area contributed by atoms with E-state index in [1.807, 2.05) is 4.68 Å². The molecule has 3 heterocycles. The lowest BCUT2D eigenvalue weighted by molar-refractivity contribution is 0.0659. The van der Waals surface area contributed by atoms with Crippen LogP contribution in [0.25, 0.3) is 0 Å². The molecule has 3 rings (SSSR count). The third kappa shape index (κ3) is 1.84. The molecule has 1 aromatic rings. The van der Waals surface area contributed by atoms with Crippen LogP contribution in [0.15, 0.2) is 0 Å². The van der Waals surface area contributed by atoms with Crippen molar-refractivity contribution in [3.8, 4) is 6.07 Å². The minimum Gasteiger partial charge on any atom is -0.381 e. The second-order valence-electron chi connectivity index (χ2n) is 4.60. The molecule has 0 saturated carbocycles. The summed E-state index contributed by atoms with van der Waals surface area (Å²) in [7, 11) is 0. The molecule has 0 radical (unpaired) electrons. The van der Waals surface area contributed by atoms with E-state index in [0.29, 0.717) is 6.04 Å². The second kappa shape index (κ2) is 4.47. The van der Waals surface area contributed by atoms with Gasteiger partial charge >= 0.3 is 0 Å². The van der Waals surface area contributed by atoms with Gasteiger partial charge in [-0.2, -0.15) is 10.4 Å². The highest BCUT2D eigenvalue weighted by Crippen LogP contribution is 2.26. The number of aromatic nitrogens is 2. The van der Waals surface area contributed by atoms with Crippen molar-refractivity contribution in [2.45, 2.75) is 31.8 Å². The van der Waals surface area contributed by atoms with Crippen LogP contribution in [0.3, 0.4) is 0 Å². The van der Waals surface area contributed by atoms with E-state index in [4.69, 9.17) is 4.74 Å². The molecule has 0 aliphatic carbocycles. The van der Waals surface area contributed by atoms with Gasteiger partial charge in [0.1, 0.15) is 11.8 Å². The second-order valence-corrected chi connectivity index (χ2v) is 4.60. The fourth-order valence-electron chi connectivity index (χ4n) is 2.65. The van der Waals surface area contributed by atoms with Crippen LogP contribution in [-0.4, -0.2) is 29.5 Å². The first-order valence-corrected chi connectivity index (χ1v) is 6.19. The summed E-state index contributed by atoms with van der Waals surface area (Å²) in [4.78, 5) is 0. The van der Waals surface area contributed by atoms with Crippen molar-refractivity contribution in [1.82, 2.24) is 15.1 Å². The molecule has 1 fully saturated rings. The molecule has 1 saturated heterocycles. The van der Waals surface area contributed by atoms with Gasteiger partial charge in [0.2, 0.25) is 0 Å². The third-order valence-corrected chi connectivity index (χ3v) is 3.58. The van der Waals surface area contributed by atoms with Gasteiger partial charge in [-0.25, -0.2) is 0 Å². The Kier molecular flexibility index (Phi) is 2.83. The van der Waals surface area contributed by atoms with Gasteiger partial charge in [0.15, 0.2) is 0 Å². The highest BCUT2D eigenvalue weighted by molar-refractivity contribution is 5.37. The predicted molar refractivity (Wildman–Crippen MR) is 61.4 cm³/mol. The first kappa shape index (κ1) is 10.8. The summed E-state index contributed by atoms with van der Waals surface area (Å²) in [6.45, 7) is 3.29. The SMILES string of the molecule is N#Cc1c2c(nn1C1CCOCC1)CNCC2. The fourth-order valence-corrected chi connectivity index (χ4v) is 2.65. The van der Waals surface area contributed by atoms with Crippen molar-refractivity contribution in [2.75, 3.05) is 19.8 Å². The molecule has 1 aromatic heterocycles. The van der Waals surface area contributed by atoms with Gasteiger partial charge in [0.25, 0.3) is 0 Å². The Bertz CT molecular complexity index is 454. The maximum Gasteiger partial charge on any atom is 0.142 e. The van der Waals surface area contributed by atoms with Crippen LogP contribution in [0.5, 0.6) is 0 Å². The number of ether oxygens (including phenoxy) is 1. The molecule has 90 valence electrons. The van der Waals surface area contributed by atoms with Gasteiger partial charge in [-0.15, -0.1) is 0 Å². The third-order valence-electron chi connectivity index (χ3n) is 3.58. The first-order chi connectivity index (χ1) is 8.40. The predicted octanol–water partition coefficient (Wildman–Crippen LogP) is 0.752. The number of nitrogens with one attached hydrogen (secondary N) is 1. The van der Waals surface area contributed by atoms with Crippen molar-refractivity contribution in [1.29, 1.82) is 5.26 Å². The van der Waals surface area contributed by atoms with Crippen molar-refractivity contribution < 1.29 is 4.74 Å². The van der Waals surface area contributed by atoms with Crippen LogP contribution in [0, 0.1) is 11.3 Å². The standard InChI is InChI=1S/C12H16N4O/c13-7-12-10-1-4-14-8-11(10)15-16(12)9-2-5-17-6-3-9/h9,14H,1-6,8H2. The zero-order valence-corrected chi connectivity index (χ0v) is 9.78. The molecule has 5 nitrogen and oxygen atoms in total. The maximum atomic E-state index is 9.33. The molecular weight excluding hydrogens is 216 g/mol. The minimum atomic E-state index is 0.337. The smallest absolute Gasteiger partial charge is 0.142 e. The summed E-state index contributed by atoms with van der Waals surface area (Å²) in [5.41, 5.74) is 2.98. The number of nitrogens with zero attached hydrogens (tertiary/aromatic N) is 3. The highest BCUT2D eigenvalue weighted by Gasteiger charge is 2.25. The lowest BCUT2D eigenvalue weighted by Crippen LogP contribution is -2.23. The van der Waals surface area contributed by atoms with Gasteiger partial charge in [0.05, 0.1) is 11.7 Å². The average molecular weight is 232 g/mol. The number of rotatable bonds is 1. The minimum absolute atomic E-state index is 0.337. The summed E-state index contributed by atoms with van der Waals surface area (Å²) < 4.78 is 7.31. The van der Waals surface area contributed by atoms with Crippen LogP contribution in [0.4, 0.5) is 0 Å². The molecule has 5 heteroatoms. The molecule has 0 aromatic carbocycles. The quantitative estimate of drug-likeness (QED) is 0.776. The van der Waals surface area contributed by atoms with E-state index in [2.05, 4.69) is 16.5 Å². The van der Waals surface area contributed by atoms with Crippen molar-refractivity contribution in [3.05, 3.63) is 17.0 Å². The van der Waals surface area contributed by atoms with E-state index in [1.165, 1.54) is 0 Å². The average Bonchev–Trinajstić information content (AvgIpc) is 2.78. The molecule has 0 amide bonds. The number of fused-ring (bicyclic) bond motifs is 1. The van der Waals surface area contributed by atoms with Crippen molar-refractivity contribution in [3.63, 3.8) is 0 Å². The summed E-state index contributed by atoms with van der Waals surface area (Å²) in [6.07, 6.45) is 2.84. The zero-order valence-electron chi connectivity index (χ0n) is 9.78. The first-order valence-electron chi connectivity index (χ1n) is 6.19. The van der Waals surface area contributed by atoms with Crippen LogP contribution in [-0.2, 0) is 17.7 Å². The summed E-state index contributed by atoms with van der Waals surface area (Å²) in [5, 5.41) is 17.3. The Labute approximate surface area is 100 Å². The Balaban J connectivity index is 1.98. The van der Waals surface area contributed by atoms with E-state index >= 15 is 0 Å². The Morgan fingerprint density at radius 2 is 2.24 bits per heavy atom. The van der Waals surface area contributed by atoms with E-state index in [1.54, 1.807) is 0 Å². The van der Waals surface area contributed by atoms with E-state index < -0.39 is 0 Å². The fraction of sp³-hybridized carbons (Fsp3) is 0.667. The van der Waals surface area contributed by atoms with Gasteiger partial charge in [-0.05, 0) is 25.8 Å². The molecule has 1 N–H and O–H groups in total. The van der Waals surface area contributed by atoms with Crippen molar-refractivity contribution >= 4 is 0 Å². The van der Waals surface area contributed by atoms with Gasteiger partial charge in [-0.1, -0.05) is 0 Å². The van der Waals surface area contributed by atoms with E-state index in [0.717, 1.165) is 62.5 Å². The van der Waals surface area contributed by atoms with Gasteiger partial charge < -0.3 is 10.1 Å². The summed E-state index contributed by atoms with van der Waals surface area (Å²) >= 11 is 0. The normalized spacial score (nSPS) is 20.9. The lowest BCUT2D eigenvalue weighted by atomic mass is 10.1. The summed E-state index contributed by atoms with van der Waals surface area (Å²) in [5.74, 6) is 0. The monoisotopic (exact) mass is 232 g/mol. The van der Waals surface area contributed by atoms with E-state index in [-0.39, 0.29) is 0 Å². The van der Waals surface area contributed by atoms with Gasteiger partial charge in [-0.3, -0.25) is 4.68 Å². The molecule has 17 heavy (non-hydrogen) atoms. The topological polar surface area (TPSA) is 62.9 Å². The van der Waals surface area contributed by atoms with Crippen LogP contribution in [0.2, 0.25) is 0 Å². The van der Waals surface area contributed by atoms with Crippen molar-refractivity contribution in [2.24, 2.45) is 0 Å². The molecule has 0 unspecified atom stereocenters. The summed E-state index contributed by atoms with van der Waals surface area (Å²) in [6, 6.07) is 2.67. The molecule has 2 aliphatic heterocycles. The molecular formula is C12H16N4O. The van der Waals surface area contributed by atoms with Crippen LogP contribution in [0.1, 0.15) is 35.8 Å². The number of hydrogen-bond donors (Lipinski definition) is 1. The Morgan fingerprint density at radius 1 is 1.41 bits per heavy atom. The molecule has 0 bridgehead atoms. The van der Waals surface area contributed by atoms with E-state index in [9.17, 15) is 5.26 Å². The molecule has 0 spiro atoms. The van der Waals surface area contributed by atoms with Gasteiger partial charge in [0, 0.05) is 25.3 Å². The Morgan fingerprint density at radius 3 is 3.00 bits per heavy atom. The number of nitriles is 1. The van der Waals surface area contributed by atoms with Crippen LogP contribution >= 0.6 is 0 Å². The maximum absolute atomic E-state index is 9.33. The largest absolute Gasteiger partial charge is 0.381 e. The lowest BCUT2D eigenvalue weighted by Gasteiger charge is -2.23. The number of hydrogen-bond acceptors (Lipinski definition) is 4. The highest BCUT2D eigenvalue weighted by atomic mass is 16.5. The molecule has 2 aliphatic rings. The Hall–Kier alpha value is -1.38. The zero-order chi connectivity index (χ0) is 11.7. The molecule has 0 atom stereocenters. The van der Waals surface area contributed by atoms with Crippen LogP contribution < -0.4 is 5.32 Å².